The van der Waals surface area contributed by atoms with Crippen molar-refractivity contribution in [2.45, 2.75) is 106 Å². The smallest absolute Gasteiger partial charge is 0.410 e. The van der Waals surface area contributed by atoms with Crippen molar-refractivity contribution < 1.29 is 36.7 Å². The van der Waals surface area contributed by atoms with Gasteiger partial charge in [0.15, 0.2) is 0 Å². The van der Waals surface area contributed by atoms with Crippen LogP contribution in [0.5, 0.6) is 0 Å². The molecule has 5 atom stereocenters. The first-order chi connectivity index (χ1) is 21.3. The predicted molar refractivity (Wildman–Crippen MR) is 160 cm³/mol. The van der Waals surface area contributed by atoms with Gasteiger partial charge in [0.05, 0.1) is 23.9 Å². The van der Waals surface area contributed by atoms with Gasteiger partial charge in [-0.2, -0.15) is 0 Å². The highest BCUT2D eigenvalue weighted by atomic mass is 32.2. The van der Waals surface area contributed by atoms with E-state index in [0.29, 0.717) is 36.8 Å². The fraction of sp³-hybridized carbons (Fsp3) is 0.613. The monoisotopic (exact) mass is 645 g/mol. The van der Waals surface area contributed by atoms with Gasteiger partial charge in [0.1, 0.15) is 23.5 Å². The number of rotatable bonds is 4. The number of nitrogens with zero attached hydrogens (tertiary/aromatic N) is 2. The number of benzene rings is 1. The van der Waals surface area contributed by atoms with Gasteiger partial charge in [-0.1, -0.05) is 37.1 Å². The highest BCUT2D eigenvalue weighted by Gasteiger charge is 2.63. The lowest BCUT2D eigenvalue weighted by atomic mass is 10.1. The van der Waals surface area contributed by atoms with Crippen LogP contribution < -0.4 is 15.8 Å². The van der Waals surface area contributed by atoms with Crippen molar-refractivity contribution in [3.8, 4) is 0 Å². The fourth-order valence-electron chi connectivity index (χ4n) is 6.57. The topological polar surface area (TPSA) is 168 Å². The number of allylic oxidation sites excluding steroid dienone is 1. The van der Waals surface area contributed by atoms with Crippen LogP contribution in [-0.4, -0.2) is 77.1 Å². The fourth-order valence-corrected chi connectivity index (χ4v) is 7.88. The van der Waals surface area contributed by atoms with Gasteiger partial charge in [0.25, 0.3) is 5.91 Å². The summed E-state index contributed by atoms with van der Waals surface area (Å²) in [5.74, 6) is -2.75. The molecule has 12 nitrogen and oxygen atoms in total. The van der Waals surface area contributed by atoms with E-state index >= 15 is 0 Å². The zero-order valence-corrected chi connectivity index (χ0v) is 26.1. The van der Waals surface area contributed by atoms with Gasteiger partial charge in [-0.05, 0) is 57.1 Å². The second-order valence-corrected chi connectivity index (χ2v) is 15.5. The highest BCUT2D eigenvalue weighted by molar-refractivity contribution is 7.91. The van der Waals surface area contributed by atoms with E-state index in [1.54, 1.807) is 19.1 Å². The first-order valence-corrected chi connectivity index (χ1v) is 17.2. The van der Waals surface area contributed by atoms with Crippen LogP contribution in [0.2, 0.25) is 0 Å². The molecule has 2 aliphatic carbocycles. The summed E-state index contributed by atoms with van der Waals surface area (Å²) in [5.41, 5.74) is 5.88. The van der Waals surface area contributed by atoms with Gasteiger partial charge in [0, 0.05) is 24.4 Å². The van der Waals surface area contributed by atoms with Crippen LogP contribution in [0.4, 0.5) is 9.18 Å². The Kier molecular flexibility index (Phi) is 8.17. The molecule has 1 aromatic carbocycles. The molecule has 1 saturated heterocycles. The average Bonchev–Trinajstić information content (AvgIpc) is 3.78. The number of halogens is 1. The van der Waals surface area contributed by atoms with Gasteiger partial charge in [-0.15, -0.1) is 0 Å². The van der Waals surface area contributed by atoms with E-state index in [2.05, 4.69) is 10.0 Å². The van der Waals surface area contributed by atoms with Crippen molar-refractivity contribution in [2.24, 2.45) is 11.7 Å². The molecule has 1 aromatic rings. The third kappa shape index (κ3) is 6.06. The molecule has 0 spiro atoms. The average molecular weight is 646 g/mol. The molecule has 244 valence electrons. The summed E-state index contributed by atoms with van der Waals surface area (Å²) in [4.78, 5) is 56.8. The molecular weight excluding hydrogens is 605 g/mol. The van der Waals surface area contributed by atoms with Crippen molar-refractivity contribution >= 4 is 33.8 Å². The molecule has 6 rings (SSSR count). The van der Waals surface area contributed by atoms with Gasteiger partial charge in [-0.3, -0.25) is 24.0 Å². The number of hydrogen-bond donors (Lipinski definition) is 3. The molecule has 4 amide bonds. The largest absolute Gasteiger partial charge is 0.444 e. The van der Waals surface area contributed by atoms with E-state index in [0.717, 1.165) is 19.3 Å². The molecule has 45 heavy (non-hydrogen) atoms. The lowest BCUT2D eigenvalue weighted by Gasteiger charge is -2.28. The summed E-state index contributed by atoms with van der Waals surface area (Å²) in [6.07, 6.45) is 6.81. The summed E-state index contributed by atoms with van der Waals surface area (Å²) in [6.45, 7) is 1.70. The third-order valence-corrected chi connectivity index (χ3v) is 12.1. The Bertz CT molecular complexity index is 1550. The number of amides is 4. The van der Waals surface area contributed by atoms with Crippen LogP contribution >= 0.6 is 0 Å². The molecule has 3 aliphatic heterocycles. The number of nitrogens with one attached hydrogen (secondary N) is 2. The minimum absolute atomic E-state index is 0.0412. The molecule has 3 heterocycles. The van der Waals surface area contributed by atoms with Crippen LogP contribution in [0.25, 0.3) is 0 Å². The number of nitrogens with two attached hydrogens (primary N) is 1. The molecule has 0 radical (unpaired) electrons. The molecule has 0 aromatic heterocycles. The standard InChI is InChI=1S/C31H40FN5O7S/c1-30(12-13-30)45(42,43)35-28(40)31-15-20(31)9-5-3-2-4-6-11-24(33)27(39)37-17-21(14-25(37)26(38)34-31)44-29(41)36-16-19-8-7-10-23(32)22(19)18-36/h5,7-10,20-21,24-25H,2-4,6,11-18,33H2,1H3,(H,34,38)(H,35,40)/b9-5-/t20-,21-,24+,25+,31-/m1/s1. The molecule has 14 heteroatoms. The summed E-state index contributed by atoms with van der Waals surface area (Å²) < 4.78 is 47.0. The first-order valence-electron chi connectivity index (χ1n) is 15.7. The van der Waals surface area contributed by atoms with Crippen LogP contribution in [0.1, 0.15) is 75.8 Å². The number of carbonyl (C=O) groups excluding carboxylic acids is 4. The molecule has 4 N–H and O–H groups in total. The molecule has 0 unspecified atom stereocenters. The molecule has 0 bridgehead atoms. The van der Waals surface area contributed by atoms with E-state index in [1.165, 1.54) is 15.9 Å². The minimum Gasteiger partial charge on any atom is -0.444 e. The normalized spacial score (nSPS) is 31.8. The Hall–Kier alpha value is -3.52. The Morgan fingerprint density at radius 1 is 1.16 bits per heavy atom. The van der Waals surface area contributed by atoms with Crippen LogP contribution in [0.15, 0.2) is 30.4 Å². The minimum atomic E-state index is -3.96. The van der Waals surface area contributed by atoms with Crippen molar-refractivity contribution in [1.29, 1.82) is 0 Å². The van der Waals surface area contributed by atoms with Crippen molar-refractivity contribution in [2.75, 3.05) is 6.54 Å². The number of fused-ring (bicyclic) bond motifs is 3. The van der Waals surface area contributed by atoms with Gasteiger partial charge >= 0.3 is 6.09 Å². The maximum absolute atomic E-state index is 14.3. The summed E-state index contributed by atoms with van der Waals surface area (Å²) in [7, 11) is -3.96. The van der Waals surface area contributed by atoms with E-state index in [4.69, 9.17) is 10.5 Å². The van der Waals surface area contributed by atoms with Crippen LogP contribution in [0, 0.1) is 11.7 Å². The van der Waals surface area contributed by atoms with E-state index in [1.807, 2.05) is 12.2 Å². The zero-order valence-electron chi connectivity index (χ0n) is 25.3. The number of sulfonamides is 1. The van der Waals surface area contributed by atoms with E-state index in [9.17, 15) is 32.0 Å². The quantitative estimate of drug-likeness (QED) is 0.418. The molecular formula is C31H40FN5O7S. The highest BCUT2D eigenvalue weighted by Crippen LogP contribution is 2.47. The molecule has 3 fully saturated rings. The van der Waals surface area contributed by atoms with Crippen LogP contribution in [0.3, 0.4) is 0 Å². The Morgan fingerprint density at radius 2 is 1.93 bits per heavy atom. The van der Waals surface area contributed by atoms with Gasteiger partial charge < -0.3 is 20.7 Å². The van der Waals surface area contributed by atoms with Crippen LogP contribution in [-0.2, 0) is 42.2 Å². The number of hydrogen-bond acceptors (Lipinski definition) is 8. The Balaban J connectivity index is 1.21. The van der Waals surface area contributed by atoms with Crippen molar-refractivity contribution in [3.63, 3.8) is 0 Å². The number of carbonyl (C=O) groups is 4. The Morgan fingerprint density at radius 3 is 2.67 bits per heavy atom. The zero-order chi connectivity index (χ0) is 32.1. The van der Waals surface area contributed by atoms with Crippen molar-refractivity contribution in [3.05, 3.63) is 47.3 Å². The molecule has 5 aliphatic rings. The SMILES string of the molecule is CC1(S(=O)(=O)NC(=O)[C@@]23C[C@H]2/C=C\CCCCC[C@H](N)C(=O)N2C[C@H](OC(=O)N4Cc5cccc(F)c5C4)C[C@H]2C(=O)N3)CC1. The van der Waals surface area contributed by atoms with Crippen molar-refractivity contribution in [1.82, 2.24) is 19.8 Å². The predicted octanol–water partition coefficient (Wildman–Crippen LogP) is 1.97. The second kappa shape index (κ2) is 11.7. The second-order valence-electron chi connectivity index (χ2n) is 13.3. The first kappa shape index (κ1) is 31.5. The summed E-state index contributed by atoms with van der Waals surface area (Å²) >= 11 is 0. The van der Waals surface area contributed by atoms with E-state index < -0.39 is 74.0 Å². The third-order valence-electron chi connectivity index (χ3n) is 9.97. The lowest BCUT2D eigenvalue weighted by molar-refractivity contribution is -0.140. The summed E-state index contributed by atoms with van der Waals surface area (Å²) in [5, 5.41) is 2.79. The van der Waals surface area contributed by atoms with Gasteiger partial charge in [-0.25, -0.2) is 17.6 Å². The maximum atomic E-state index is 14.3. The maximum Gasteiger partial charge on any atom is 0.410 e. The lowest BCUT2D eigenvalue weighted by Crippen LogP contribution is -2.58. The summed E-state index contributed by atoms with van der Waals surface area (Å²) in [6, 6.07) is 2.67. The van der Waals surface area contributed by atoms with Gasteiger partial charge in [0.2, 0.25) is 21.8 Å². The van der Waals surface area contributed by atoms with E-state index in [-0.39, 0.29) is 32.5 Å². The Labute approximate surface area is 261 Å². The number of ether oxygens (including phenoxy) is 1. The molecule has 2 saturated carbocycles.